The number of hydrogen-bond donors (Lipinski definition) is 4. The molecule has 35 heavy (non-hydrogen) atoms. The first-order chi connectivity index (χ1) is 15.9. The fourth-order valence-electron chi connectivity index (χ4n) is 4.06. The van der Waals surface area contributed by atoms with Crippen LogP contribution in [0.2, 0.25) is 0 Å². The molecule has 0 radical (unpaired) electrons. The number of ether oxygens (including phenoxy) is 1. The average Bonchev–Trinajstić information content (AvgIpc) is 3.24. The van der Waals surface area contributed by atoms with Gasteiger partial charge in [-0.25, -0.2) is 4.79 Å². The van der Waals surface area contributed by atoms with Crippen molar-refractivity contribution in [3.05, 3.63) is 29.8 Å². The second-order valence-corrected chi connectivity index (χ2v) is 9.63. The Labute approximate surface area is 198 Å². The van der Waals surface area contributed by atoms with E-state index in [0.29, 0.717) is 12.3 Å². The highest BCUT2D eigenvalue weighted by molar-refractivity contribution is 5.94. The molecule has 4 N–H and O–H groups in total. The number of alkyl halides is 3. The smallest absolute Gasteiger partial charge is 0.484 e. The van der Waals surface area contributed by atoms with Crippen molar-refractivity contribution in [3.63, 3.8) is 0 Å². The van der Waals surface area contributed by atoms with Gasteiger partial charge in [0.15, 0.2) is 6.61 Å². The van der Waals surface area contributed by atoms with Crippen molar-refractivity contribution in [2.24, 2.45) is 10.8 Å². The van der Waals surface area contributed by atoms with Gasteiger partial charge in [-0.1, -0.05) is 12.1 Å². The number of fused-ring (bicyclic) bond motifs is 1. The van der Waals surface area contributed by atoms with Crippen LogP contribution in [0.5, 0.6) is 5.75 Å². The predicted octanol–water partition coefficient (Wildman–Crippen LogP) is 1.97. The van der Waals surface area contributed by atoms with E-state index in [-0.39, 0.29) is 37.6 Å². The number of amides is 1. The molecule has 2 atom stereocenters. The molecular formula is C22H27F3N2O8. The zero-order valence-electron chi connectivity index (χ0n) is 19.3. The summed E-state index contributed by atoms with van der Waals surface area (Å²) < 4.78 is 37.2. The normalized spacial score (nSPS) is 23.4. The van der Waals surface area contributed by atoms with Gasteiger partial charge < -0.3 is 25.4 Å². The number of carbonyl (C=O) groups is 4. The molecule has 0 bridgehead atoms. The maximum Gasteiger partial charge on any atom is 0.490 e. The quantitative estimate of drug-likeness (QED) is 0.436. The van der Waals surface area contributed by atoms with Crippen LogP contribution in [0, 0.1) is 10.8 Å². The molecule has 194 valence electrons. The lowest BCUT2D eigenvalue weighted by Crippen LogP contribution is -2.43. The van der Waals surface area contributed by atoms with Crippen LogP contribution in [0.25, 0.3) is 0 Å². The summed E-state index contributed by atoms with van der Waals surface area (Å²) in [7, 11) is 0. The monoisotopic (exact) mass is 504 g/mol. The van der Waals surface area contributed by atoms with E-state index in [0.717, 1.165) is 5.56 Å². The Morgan fingerprint density at radius 2 is 1.43 bits per heavy atom. The number of hydrogen-bond acceptors (Lipinski definition) is 6. The maximum atomic E-state index is 11.8. The first-order valence-corrected chi connectivity index (χ1v) is 10.4. The van der Waals surface area contributed by atoms with E-state index >= 15 is 0 Å². The van der Waals surface area contributed by atoms with Gasteiger partial charge in [0, 0.05) is 25.2 Å². The third-order valence-electron chi connectivity index (χ3n) is 5.66. The summed E-state index contributed by atoms with van der Waals surface area (Å²) in [6, 6.07) is 7.16. The summed E-state index contributed by atoms with van der Waals surface area (Å²) in [6.07, 6.45) is -4.88. The fourth-order valence-corrected chi connectivity index (χ4v) is 4.06. The zero-order chi connectivity index (χ0) is 26.8. The number of rotatable bonds is 7. The SMILES string of the molecule is CC(C)(C)NC(=O)COc1ccc(CN2C[C@@]3(C(=O)O)C[C@@]3(C(=O)O)C2)cc1.O=C(O)C(F)(F)F. The second kappa shape index (κ2) is 9.72. The van der Waals surface area contributed by atoms with Gasteiger partial charge in [-0.15, -0.1) is 0 Å². The molecular weight excluding hydrogens is 477 g/mol. The molecule has 1 amide bonds. The number of halogens is 3. The Hall–Kier alpha value is -3.35. The van der Waals surface area contributed by atoms with Crippen LogP contribution < -0.4 is 10.1 Å². The van der Waals surface area contributed by atoms with E-state index in [2.05, 4.69) is 5.32 Å². The highest BCUT2D eigenvalue weighted by Crippen LogP contribution is 2.68. The summed E-state index contributed by atoms with van der Waals surface area (Å²) in [5, 5.41) is 28.9. The molecule has 0 aromatic heterocycles. The number of carbonyl (C=O) groups excluding carboxylic acids is 1. The van der Waals surface area contributed by atoms with Crippen molar-refractivity contribution in [2.75, 3.05) is 19.7 Å². The lowest BCUT2D eigenvalue weighted by Gasteiger charge is -2.21. The van der Waals surface area contributed by atoms with Gasteiger partial charge >= 0.3 is 24.1 Å². The molecule has 1 aromatic rings. The van der Waals surface area contributed by atoms with Crippen molar-refractivity contribution in [3.8, 4) is 5.75 Å². The van der Waals surface area contributed by atoms with Crippen LogP contribution in [-0.4, -0.2) is 75.4 Å². The van der Waals surface area contributed by atoms with Crippen LogP contribution in [0.3, 0.4) is 0 Å². The molecule has 3 rings (SSSR count). The number of benzene rings is 1. The van der Waals surface area contributed by atoms with Crippen LogP contribution in [0.4, 0.5) is 13.2 Å². The summed E-state index contributed by atoms with van der Waals surface area (Å²) in [4.78, 5) is 45.7. The molecule has 1 aliphatic carbocycles. The number of carboxylic acids is 3. The lowest BCUT2D eigenvalue weighted by molar-refractivity contribution is -0.192. The molecule has 1 heterocycles. The molecule has 1 saturated heterocycles. The molecule has 10 nitrogen and oxygen atoms in total. The Kier molecular flexibility index (Phi) is 7.75. The lowest BCUT2D eigenvalue weighted by atomic mass is 9.97. The van der Waals surface area contributed by atoms with Gasteiger partial charge in [-0.3, -0.25) is 19.3 Å². The largest absolute Gasteiger partial charge is 0.490 e. The van der Waals surface area contributed by atoms with Crippen molar-refractivity contribution < 1.29 is 52.4 Å². The summed E-state index contributed by atoms with van der Waals surface area (Å²) in [6.45, 7) is 6.54. The molecule has 1 aliphatic heterocycles. The fraction of sp³-hybridized carbons (Fsp3) is 0.545. The second-order valence-electron chi connectivity index (χ2n) is 9.63. The first-order valence-electron chi connectivity index (χ1n) is 10.4. The number of likely N-dealkylation sites (tertiary alicyclic amines) is 1. The molecule has 1 saturated carbocycles. The minimum absolute atomic E-state index is 0.0784. The predicted molar refractivity (Wildman–Crippen MR) is 114 cm³/mol. The average molecular weight is 504 g/mol. The van der Waals surface area contributed by atoms with E-state index in [1.807, 2.05) is 37.8 Å². The maximum absolute atomic E-state index is 11.8. The highest BCUT2D eigenvalue weighted by Gasteiger charge is 2.80. The van der Waals surface area contributed by atoms with Crippen molar-refractivity contribution >= 4 is 23.8 Å². The highest BCUT2D eigenvalue weighted by atomic mass is 19.4. The van der Waals surface area contributed by atoms with E-state index in [4.69, 9.17) is 14.6 Å². The van der Waals surface area contributed by atoms with Crippen LogP contribution in [0.15, 0.2) is 24.3 Å². The minimum atomic E-state index is -5.08. The van der Waals surface area contributed by atoms with E-state index in [1.165, 1.54) is 0 Å². The number of nitrogens with one attached hydrogen (secondary N) is 1. The topological polar surface area (TPSA) is 153 Å². The first kappa shape index (κ1) is 27.9. The third kappa shape index (κ3) is 6.62. The van der Waals surface area contributed by atoms with Gasteiger partial charge in [0.05, 0.1) is 10.8 Å². The number of carboxylic acid groups (broad SMARTS) is 3. The Bertz CT molecular complexity index is 962. The van der Waals surface area contributed by atoms with Crippen LogP contribution in [0.1, 0.15) is 32.8 Å². The number of nitrogens with zero attached hydrogens (tertiary/aromatic N) is 1. The molecule has 0 spiro atoms. The van der Waals surface area contributed by atoms with E-state index < -0.39 is 34.9 Å². The van der Waals surface area contributed by atoms with Crippen molar-refractivity contribution in [1.82, 2.24) is 10.2 Å². The van der Waals surface area contributed by atoms with Crippen molar-refractivity contribution in [1.29, 1.82) is 0 Å². The van der Waals surface area contributed by atoms with Crippen LogP contribution in [-0.2, 0) is 25.7 Å². The Balaban J connectivity index is 0.000000540. The molecule has 2 fully saturated rings. The third-order valence-corrected chi connectivity index (χ3v) is 5.66. The molecule has 1 aromatic carbocycles. The Morgan fingerprint density at radius 1 is 0.971 bits per heavy atom. The number of piperidine rings is 1. The summed E-state index contributed by atoms with van der Waals surface area (Å²) in [5.74, 6) is -4.47. The molecule has 2 aliphatic rings. The minimum Gasteiger partial charge on any atom is -0.484 e. The molecule has 0 unspecified atom stereocenters. The van der Waals surface area contributed by atoms with Gasteiger partial charge in [-0.05, 0) is 44.9 Å². The summed E-state index contributed by atoms with van der Waals surface area (Å²) in [5.41, 5.74) is -1.72. The number of aliphatic carboxylic acids is 3. The van der Waals surface area contributed by atoms with Gasteiger partial charge in [0.1, 0.15) is 5.75 Å². The Morgan fingerprint density at radius 3 is 1.80 bits per heavy atom. The van der Waals surface area contributed by atoms with E-state index in [1.54, 1.807) is 12.1 Å². The standard InChI is InChI=1S/C20H26N2O6.C2HF3O2/c1-18(2,3)21-15(23)9-28-14-6-4-13(5-7-14)8-22-11-19(16(24)25)10-20(19,12-22)17(26)27;3-2(4,5)1(6)7/h4-7H,8-12H2,1-3H3,(H,21,23)(H,24,25)(H,26,27);(H,6,7)/t19-,20+;. The van der Waals surface area contributed by atoms with Crippen LogP contribution >= 0.6 is 0 Å². The molecule has 13 heteroatoms. The van der Waals surface area contributed by atoms with Crippen molar-refractivity contribution in [2.45, 2.75) is 45.5 Å². The van der Waals surface area contributed by atoms with Gasteiger partial charge in [0.2, 0.25) is 0 Å². The van der Waals surface area contributed by atoms with Gasteiger partial charge in [0.25, 0.3) is 5.91 Å². The zero-order valence-corrected chi connectivity index (χ0v) is 19.3. The van der Waals surface area contributed by atoms with Gasteiger partial charge in [-0.2, -0.15) is 13.2 Å². The van der Waals surface area contributed by atoms with E-state index in [9.17, 15) is 37.8 Å². The summed E-state index contributed by atoms with van der Waals surface area (Å²) >= 11 is 0.